The number of hydrazine groups is 1. The minimum absolute atomic E-state index is 0.131. The summed E-state index contributed by atoms with van der Waals surface area (Å²) in [5, 5.41) is 5.81. The molecular formula is C6H15N5OS. The van der Waals surface area contributed by atoms with Gasteiger partial charge in [-0.2, -0.15) is 0 Å². The Morgan fingerprint density at radius 2 is 1.92 bits per heavy atom. The zero-order chi connectivity index (χ0) is 10.3. The molecule has 0 aliphatic carbocycles. The Balaban J connectivity index is 3.36. The molecule has 76 valence electrons. The van der Waals surface area contributed by atoms with Gasteiger partial charge in [0.2, 0.25) is 0 Å². The van der Waals surface area contributed by atoms with E-state index in [0.29, 0.717) is 18.2 Å². The summed E-state index contributed by atoms with van der Waals surface area (Å²) in [4.78, 5) is 12.4. The van der Waals surface area contributed by atoms with E-state index in [1.807, 2.05) is 0 Å². The van der Waals surface area contributed by atoms with Crippen molar-refractivity contribution in [3.63, 3.8) is 0 Å². The molecule has 2 amide bonds. The molecule has 0 aromatic heterocycles. The lowest BCUT2D eigenvalue weighted by Crippen LogP contribution is -2.44. The quantitative estimate of drug-likeness (QED) is 0.197. The van der Waals surface area contributed by atoms with Gasteiger partial charge in [-0.25, -0.2) is 10.6 Å². The van der Waals surface area contributed by atoms with Crippen molar-refractivity contribution in [2.75, 3.05) is 27.2 Å². The predicted octanol–water partition coefficient (Wildman–Crippen LogP) is -1.40. The van der Waals surface area contributed by atoms with Crippen molar-refractivity contribution in [2.24, 2.45) is 5.84 Å². The average Bonchev–Trinajstić information content (AvgIpc) is 2.11. The number of nitrogens with zero attached hydrogens (tertiary/aromatic N) is 1. The van der Waals surface area contributed by atoms with Gasteiger partial charge in [-0.3, -0.25) is 0 Å². The maximum absolute atomic E-state index is 11.0. The number of rotatable bonds is 3. The van der Waals surface area contributed by atoms with Gasteiger partial charge in [-0.15, -0.1) is 0 Å². The molecule has 0 unspecified atom stereocenters. The zero-order valence-corrected chi connectivity index (χ0v) is 8.57. The monoisotopic (exact) mass is 205 g/mol. The standard InChI is InChI=1S/C6H15N5OS/c1-11(2)6(12)9-4-3-8-5(13)10-7/h3-4,7H2,1-2H3,(H,9,12)(H2,8,10,13). The number of urea groups is 1. The van der Waals surface area contributed by atoms with Gasteiger partial charge in [-0.1, -0.05) is 0 Å². The fourth-order valence-electron chi connectivity index (χ4n) is 0.555. The van der Waals surface area contributed by atoms with Crippen molar-refractivity contribution in [1.82, 2.24) is 21.0 Å². The summed E-state index contributed by atoms with van der Waals surface area (Å²) in [6.45, 7) is 1.04. The zero-order valence-electron chi connectivity index (χ0n) is 7.76. The maximum atomic E-state index is 11.0. The van der Waals surface area contributed by atoms with Gasteiger partial charge in [0, 0.05) is 27.2 Å². The van der Waals surface area contributed by atoms with Crippen LogP contribution in [0.15, 0.2) is 0 Å². The summed E-state index contributed by atoms with van der Waals surface area (Å²) in [6, 6.07) is -0.131. The Morgan fingerprint density at radius 1 is 1.38 bits per heavy atom. The number of hydrogen-bond donors (Lipinski definition) is 4. The number of nitrogens with two attached hydrogens (primary N) is 1. The van der Waals surface area contributed by atoms with E-state index in [1.54, 1.807) is 14.1 Å². The van der Waals surface area contributed by atoms with Crippen molar-refractivity contribution in [3.05, 3.63) is 0 Å². The first-order valence-corrected chi connectivity index (χ1v) is 4.18. The molecule has 0 bridgehead atoms. The Hall–Kier alpha value is -1.08. The topological polar surface area (TPSA) is 82.4 Å². The normalized spacial score (nSPS) is 8.85. The van der Waals surface area contributed by atoms with Crippen LogP contribution in [-0.4, -0.2) is 43.2 Å². The number of amides is 2. The molecule has 0 fully saturated rings. The highest BCUT2D eigenvalue weighted by atomic mass is 32.1. The minimum atomic E-state index is -0.131. The van der Waals surface area contributed by atoms with Gasteiger partial charge >= 0.3 is 6.03 Å². The van der Waals surface area contributed by atoms with Crippen molar-refractivity contribution in [1.29, 1.82) is 0 Å². The summed E-state index contributed by atoms with van der Waals surface area (Å²) >= 11 is 4.72. The first-order valence-electron chi connectivity index (χ1n) is 3.77. The summed E-state index contributed by atoms with van der Waals surface area (Å²) in [5.74, 6) is 5.01. The Labute approximate surface area is 82.8 Å². The smallest absolute Gasteiger partial charge is 0.316 e. The molecule has 0 aliphatic heterocycles. The van der Waals surface area contributed by atoms with E-state index >= 15 is 0 Å². The second-order valence-electron chi connectivity index (χ2n) is 2.53. The molecule has 0 spiro atoms. The van der Waals surface area contributed by atoms with Gasteiger partial charge in [0.15, 0.2) is 5.11 Å². The molecule has 0 saturated carbocycles. The molecule has 0 aromatic carbocycles. The van der Waals surface area contributed by atoms with Crippen LogP contribution in [0, 0.1) is 0 Å². The van der Waals surface area contributed by atoms with E-state index < -0.39 is 0 Å². The van der Waals surface area contributed by atoms with Crippen LogP contribution in [0.4, 0.5) is 4.79 Å². The first-order chi connectivity index (χ1) is 6.07. The molecule has 5 N–H and O–H groups in total. The molecule has 0 heterocycles. The Morgan fingerprint density at radius 3 is 2.38 bits per heavy atom. The van der Waals surface area contributed by atoms with Gasteiger partial charge in [0.25, 0.3) is 0 Å². The number of nitrogens with one attached hydrogen (secondary N) is 3. The minimum Gasteiger partial charge on any atom is -0.360 e. The van der Waals surface area contributed by atoms with E-state index in [9.17, 15) is 4.79 Å². The molecular weight excluding hydrogens is 190 g/mol. The Kier molecular flexibility index (Phi) is 5.90. The summed E-state index contributed by atoms with van der Waals surface area (Å²) in [5.41, 5.74) is 2.27. The summed E-state index contributed by atoms with van der Waals surface area (Å²) < 4.78 is 0. The summed E-state index contributed by atoms with van der Waals surface area (Å²) in [7, 11) is 3.35. The Bertz CT molecular complexity index is 184. The molecule has 7 heteroatoms. The molecule has 0 saturated heterocycles. The maximum Gasteiger partial charge on any atom is 0.316 e. The highest BCUT2D eigenvalue weighted by Crippen LogP contribution is 1.74. The molecule has 0 atom stereocenters. The molecule has 0 aromatic rings. The highest BCUT2D eigenvalue weighted by molar-refractivity contribution is 7.80. The lowest BCUT2D eigenvalue weighted by molar-refractivity contribution is 0.217. The van der Waals surface area contributed by atoms with Crippen LogP contribution in [0.1, 0.15) is 0 Å². The van der Waals surface area contributed by atoms with Crippen molar-refractivity contribution in [2.45, 2.75) is 0 Å². The van der Waals surface area contributed by atoms with Crippen molar-refractivity contribution < 1.29 is 4.79 Å². The van der Waals surface area contributed by atoms with Crippen LogP contribution >= 0.6 is 12.2 Å². The van der Waals surface area contributed by atoms with E-state index in [0.717, 1.165) is 0 Å². The second-order valence-corrected chi connectivity index (χ2v) is 2.93. The molecule has 13 heavy (non-hydrogen) atoms. The molecule has 0 aliphatic rings. The van der Waals surface area contributed by atoms with Crippen LogP contribution in [0.5, 0.6) is 0 Å². The summed E-state index contributed by atoms with van der Waals surface area (Å²) in [6.07, 6.45) is 0. The predicted molar refractivity (Wildman–Crippen MR) is 55.0 cm³/mol. The lowest BCUT2D eigenvalue weighted by atomic mass is 10.6. The van der Waals surface area contributed by atoms with Crippen molar-refractivity contribution >= 4 is 23.4 Å². The average molecular weight is 205 g/mol. The second kappa shape index (κ2) is 6.44. The fourth-order valence-corrected chi connectivity index (χ4v) is 0.657. The van der Waals surface area contributed by atoms with Crippen LogP contribution < -0.4 is 21.9 Å². The number of thiocarbonyl (C=S) groups is 1. The van der Waals surface area contributed by atoms with E-state index in [2.05, 4.69) is 16.1 Å². The molecule has 0 rings (SSSR count). The van der Waals surface area contributed by atoms with E-state index in [4.69, 9.17) is 18.1 Å². The van der Waals surface area contributed by atoms with Gasteiger partial charge in [-0.05, 0) is 12.2 Å². The SMILES string of the molecule is CN(C)C(=O)NCCNC(=S)NN. The fraction of sp³-hybridized carbons (Fsp3) is 0.667. The third-order valence-corrected chi connectivity index (χ3v) is 1.49. The molecule has 6 nitrogen and oxygen atoms in total. The van der Waals surface area contributed by atoms with Crippen LogP contribution in [-0.2, 0) is 0 Å². The van der Waals surface area contributed by atoms with Crippen LogP contribution in [0.25, 0.3) is 0 Å². The largest absolute Gasteiger partial charge is 0.360 e. The third kappa shape index (κ3) is 6.12. The van der Waals surface area contributed by atoms with Crippen LogP contribution in [0.2, 0.25) is 0 Å². The number of hydrogen-bond acceptors (Lipinski definition) is 3. The number of carbonyl (C=O) groups is 1. The van der Waals surface area contributed by atoms with Gasteiger partial charge in [0.05, 0.1) is 0 Å². The molecule has 0 radical (unpaired) electrons. The lowest BCUT2D eigenvalue weighted by Gasteiger charge is -2.12. The van der Waals surface area contributed by atoms with Gasteiger partial charge in [0.1, 0.15) is 0 Å². The van der Waals surface area contributed by atoms with E-state index in [-0.39, 0.29) is 6.03 Å². The van der Waals surface area contributed by atoms with Gasteiger partial charge < -0.3 is 21.0 Å². The third-order valence-electron chi connectivity index (χ3n) is 1.22. The first kappa shape index (κ1) is 11.9. The van der Waals surface area contributed by atoms with Crippen LogP contribution in [0.3, 0.4) is 0 Å². The van der Waals surface area contributed by atoms with Crippen molar-refractivity contribution in [3.8, 4) is 0 Å². The number of carbonyl (C=O) groups excluding carboxylic acids is 1. The van der Waals surface area contributed by atoms with E-state index in [1.165, 1.54) is 4.90 Å². The highest BCUT2D eigenvalue weighted by Gasteiger charge is 2.00.